The van der Waals surface area contributed by atoms with Crippen LogP contribution in [0.4, 0.5) is 5.69 Å². The maximum absolute atomic E-state index is 12.3. The van der Waals surface area contributed by atoms with Gasteiger partial charge in [-0.15, -0.1) is 34.0 Å². The summed E-state index contributed by atoms with van der Waals surface area (Å²) >= 11 is 5.42. The van der Waals surface area contributed by atoms with Crippen LogP contribution in [0.15, 0.2) is 207 Å². The second kappa shape index (κ2) is 15.5. The molecule has 0 spiro atoms. The van der Waals surface area contributed by atoms with Crippen LogP contribution in [0.25, 0.3) is 159 Å². The summed E-state index contributed by atoms with van der Waals surface area (Å²) in [6.45, 7) is 9.81. The van der Waals surface area contributed by atoms with Gasteiger partial charge in [-0.25, -0.2) is 4.85 Å². The van der Waals surface area contributed by atoms with Gasteiger partial charge >= 0.3 is 0 Å². The van der Waals surface area contributed by atoms with Gasteiger partial charge < -0.3 is 13.7 Å². The fourth-order valence-electron chi connectivity index (χ4n) is 12.8. The lowest BCUT2D eigenvalue weighted by atomic mass is 9.93. The normalized spacial score (nSPS) is 12.2. The first kappa shape index (κ1) is 41.8. The van der Waals surface area contributed by atoms with Crippen LogP contribution in [0, 0.1) is 17.9 Å². The van der Waals surface area contributed by atoms with E-state index in [1.54, 1.807) is 17.5 Å². The second-order valence-electron chi connectivity index (χ2n) is 19.5. The highest BCUT2D eigenvalue weighted by Gasteiger charge is 2.34. The molecule has 17 rings (SSSR count). The number of nitrogens with zero attached hydrogens (tertiary/aromatic N) is 6. The molecule has 0 atom stereocenters. The Balaban J connectivity index is 1.14. The van der Waals surface area contributed by atoms with Crippen molar-refractivity contribution in [3.05, 3.63) is 223 Å². The molecular formula is C67H34N6S3. The number of rotatable bonds is 4. The Morgan fingerprint density at radius 2 is 0.789 bits per heavy atom. The quantitative estimate of drug-likeness (QED) is 0.165. The first-order valence-corrected chi connectivity index (χ1v) is 27.6. The van der Waals surface area contributed by atoms with Crippen molar-refractivity contribution in [3.8, 4) is 34.3 Å². The number of nitriles is 1. The maximum atomic E-state index is 12.3. The molecule has 0 fully saturated rings. The number of benzene rings is 10. The minimum atomic E-state index is 0.367. The monoisotopic (exact) mass is 1020 g/mol. The third-order valence-corrected chi connectivity index (χ3v) is 19.4. The van der Waals surface area contributed by atoms with Crippen molar-refractivity contribution in [3.63, 3.8) is 0 Å². The molecule has 0 N–H and O–H groups in total. The zero-order chi connectivity index (χ0) is 49.9. The molecule has 0 saturated carbocycles. The van der Waals surface area contributed by atoms with E-state index in [2.05, 4.69) is 208 Å². The summed E-state index contributed by atoms with van der Waals surface area (Å²) in [4.78, 5) is 9.59. The van der Waals surface area contributed by atoms with Crippen LogP contribution in [0.5, 0.6) is 0 Å². The molecule has 0 aliphatic carbocycles. The van der Waals surface area contributed by atoms with Gasteiger partial charge in [-0.05, 0) is 60.7 Å². The summed E-state index contributed by atoms with van der Waals surface area (Å²) in [6, 6.07) is 72.0. The van der Waals surface area contributed by atoms with Crippen LogP contribution in [0.2, 0.25) is 0 Å². The van der Waals surface area contributed by atoms with Crippen LogP contribution in [-0.2, 0) is 0 Å². The molecule has 7 aromatic heterocycles. The van der Waals surface area contributed by atoms with E-state index < -0.39 is 0 Å². The first-order chi connectivity index (χ1) is 37.7. The minimum Gasteiger partial charge on any atom is -0.318 e. The van der Waals surface area contributed by atoms with Gasteiger partial charge in [-0.1, -0.05) is 133 Å². The molecule has 10 aromatic carbocycles. The molecule has 0 aliphatic heterocycles. The van der Waals surface area contributed by atoms with E-state index in [4.69, 9.17) is 9.83 Å². The van der Waals surface area contributed by atoms with E-state index in [0.29, 0.717) is 28.2 Å². The SMILES string of the molecule is [C-]#[N+]c1c(-n2c3ccccc3c3c4sc5ccccc5c4ccc32)c(C#N)c(-c2cccnc2)c(-n2c3ccccc3c3c4sc5ccccc5c4ccc32)c1-n1c2ccccc2c2c3sc4ccccc4c3ccc21. The molecule has 17 aromatic rings. The van der Waals surface area contributed by atoms with Gasteiger partial charge in [0.2, 0.25) is 5.69 Å². The van der Waals surface area contributed by atoms with E-state index in [1.165, 1.54) is 60.5 Å². The van der Waals surface area contributed by atoms with Gasteiger partial charge in [0, 0.05) is 116 Å². The topological polar surface area (TPSA) is 55.8 Å². The molecule has 76 heavy (non-hydrogen) atoms. The summed E-state index contributed by atoms with van der Waals surface area (Å²) in [6.07, 6.45) is 3.66. The van der Waals surface area contributed by atoms with E-state index in [9.17, 15) is 11.8 Å². The molecule has 0 amide bonds. The standard InChI is InChI=1S/C67H34N6S3/c1-69-61-62(71-48-22-8-2-19-44(48)58-51(71)31-28-41-38-16-5-11-25-54(38)74-65(41)58)47(35-68)57(37-15-14-34-70-36-37)63(72-49-23-9-3-20-45(49)59-52(72)32-29-42-39-17-6-12-26-55(39)75-66(42)59)64(61)73-50-24-10-4-21-46(50)60-53(73)33-30-43-40-18-7-13-27-56(40)76-67(43)60/h2-34,36H. The van der Waals surface area contributed by atoms with Gasteiger partial charge in [0.15, 0.2) is 0 Å². The fourth-order valence-corrected chi connectivity index (χ4v) is 16.6. The zero-order valence-corrected chi connectivity index (χ0v) is 42.5. The zero-order valence-electron chi connectivity index (χ0n) is 40.0. The number of hydrogen-bond acceptors (Lipinski definition) is 5. The molecule has 7 heterocycles. The van der Waals surface area contributed by atoms with Gasteiger partial charge in [-0.2, -0.15) is 5.26 Å². The van der Waals surface area contributed by atoms with Gasteiger partial charge in [0.05, 0.1) is 62.3 Å². The van der Waals surface area contributed by atoms with Gasteiger partial charge in [-0.3, -0.25) is 4.98 Å². The Hall–Kier alpha value is -9.61. The molecule has 350 valence electrons. The lowest BCUT2D eigenvalue weighted by Crippen LogP contribution is -2.11. The summed E-state index contributed by atoms with van der Waals surface area (Å²) in [5, 5.41) is 26.2. The molecule has 0 bridgehead atoms. The summed E-state index contributed by atoms with van der Waals surface area (Å²) in [7, 11) is 0. The van der Waals surface area contributed by atoms with E-state index in [1.807, 2.05) is 34.9 Å². The van der Waals surface area contributed by atoms with Gasteiger partial charge in [0.25, 0.3) is 0 Å². The lowest BCUT2D eigenvalue weighted by molar-refractivity contribution is 1.08. The third kappa shape index (κ3) is 5.38. The Morgan fingerprint density at radius 3 is 1.20 bits per heavy atom. The van der Waals surface area contributed by atoms with Crippen molar-refractivity contribution < 1.29 is 0 Å². The van der Waals surface area contributed by atoms with Crippen molar-refractivity contribution >= 4 is 166 Å². The van der Waals surface area contributed by atoms with Crippen LogP contribution >= 0.6 is 34.0 Å². The largest absolute Gasteiger partial charge is 0.318 e. The second-order valence-corrected chi connectivity index (χ2v) is 22.6. The fraction of sp³-hybridized carbons (Fsp3) is 0. The predicted octanol–water partition coefficient (Wildman–Crippen LogP) is 19.6. The van der Waals surface area contributed by atoms with Crippen molar-refractivity contribution in [1.82, 2.24) is 18.7 Å². The van der Waals surface area contributed by atoms with Crippen LogP contribution in [0.1, 0.15) is 5.56 Å². The van der Waals surface area contributed by atoms with E-state index in [0.717, 1.165) is 76.7 Å². The molecule has 0 radical (unpaired) electrons. The highest BCUT2D eigenvalue weighted by molar-refractivity contribution is 7.27. The average Bonchev–Trinajstić information content (AvgIpc) is 4.45. The number of thiophene rings is 3. The highest BCUT2D eigenvalue weighted by Crippen LogP contribution is 2.55. The predicted molar refractivity (Wildman–Crippen MR) is 322 cm³/mol. The molecule has 0 unspecified atom stereocenters. The number of fused-ring (bicyclic) bond motifs is 21. The van der Waals surface area contributed by atoms with E-state index in [-0.39, 0.29) is 0 Å². The third-order valence-electron chi connectivity index (χ3n) is 15.8. The van der Waals surface area contributed by atoms with Crippen molar-refractivity contribution in [2.45, 2.75) is 0 Å². The van der Waals surface area contributed by atoms with Crippen LogP contribution in [-0.4, -0.2) is 18.7 Å². The maximum Gasteiger partial charge on any atom is 0.237 e. The molecule has 9 heteroatoms. The number of pyridine rings is 1. The Kier molecular flexibility index (Phi) is 8.51. The van der Waals surface area contributed by atoms with Crippen LogP contribution in [0.3, 0.4) is 0 Å². The van der Waals surface area contributed by atoms with Crippen LogP contribution < -0.4 is 0 Å². The highest BCUT2D eigenvalue weighted by atomic mass is 32.1. The summed E-state index contributed by atoms with van der Waals surface area (Å²) < 4.78 is 14.1. The Morgan fingerprint density at radius 1 is 0.395 bits per heavy atom. The lowest BCUT2D eigenvalue weighted by Gasteiger charge is -2.26. The number of hydrogen-bond donors (Lipinski definition) is 0. The molecule has 0 aliphatic rings. The molecule has 0 saturated heterocycles. The van der Waals surface area contributed by atoms with Gasteiger partial charge in [0.1, 0.15) is 6.07 Å². The number of para-hydroxylation sites is 3. The Bertz CT molecular complexity index is 5510. The number of aromatic nitrogens is 4. The first-order valence-electron chi connectivity index (χ1n) is 25.1. The Labute approximate surface area is 444 Å². The van der Waals surface area contributed by atoms with Crippen molar-refractivity contribution in [2.75, 3.05) is 0 Å². The smallest absolute Gasteiger partial charge is 0.237 e. The minimum absolute atomic E-state index is 0.367. The van der Waals surface area contributed by atoms with Crippen molar-refractivity contribution in [1.29, 1.82) is 5.26 Å². The summed E-state index contributed by atoms with van der Waals surface area (Å²) in [5.41, 5.74) is 9.89. The summed E-state index contributed by atoms with van der Waals surface area (Å²) in [5.74, 6) is 0. The molecule has 6 nitrogen and oxygen atoms in total. The van der Waals surface area contributed by atoms with Crippen molar-refractivity contribution in [2.24, 2.45) is 0 Å². The average molecular weight is 1020 g/mol. The molecular weight excluding hydrogens is 985 g/mol. The van der Waals surface area contributed by atoms with E-state index >= 15 is 0 Å².